The topological polar surface area (TPSA) is 76.2 Å². The molecule has 0 radical (unpaired) electrons. The Morgan fingerprint density at radius 3 is 2.81 bits per heavy atom. The number of fused-ring (bicyclic) bond motifs is 2. The van der Waals surface area contributed by atoms with Gasteiger partial charge in [0.05, 0.1) is 12.1 Å². The lowest BCUT2D eigenvalue weighted by Gasteiger charge is -2.32. The van der Waals surface area contributed by atoms with Gasteiger partial charge in [-0.1, -0.05) is 18.2 Å². The molecule has 1 saturated heterocycles. The molecule has 5 rings (SSSR count). The Morgan fingerprint density at radius 1 is 1.15 bits per heavy atom. The van der Waals surface area contributed by atoms with E-state index in [1.807, 2.05) is 29.2 Å². The molecule has 7 nitrogen and oxygen atoms in total. The largest absolute Gasteiger partial charge is 0.463 e. The Hall–Kier alpha value is -2.38. The van der Waals surface area contributed by atoms with E-state index in [0.717, 1.165) is 68.2 Å². The number of piperidine rings is 1. The normalized spacial score (nSPS) is 17.6. The molecular formula is C19H22ClN5O2. The number of hydrogen-bond donors (Lipinski definition) is 1. The van der Waals surface area contributed by atoms with E-state index in [9.17, 15) is 4.79 Å². The quantitative estimate of drug-likeness (QED) is 0.731. The minimum absolute atomic E-state index is 0. The number of rotatable bonds is 2. The molecule has 27 heavy (non-hydrogen) atoms. The molecule has 3 aromatic rings. The van der Waals surface area contributed by atoms with Crippen molar-refractivity contribution in [3.05, 3.63) is 47.7 Å². The molecule has 0 aliphatic carbocycles. The van der Waals surface area contributed by atoms with Crippen LogP contribution in [0.15, 0.2) is 34.9 Å². The molecular weight excluding hydrogens is 366 g/mol. The van der Waals surface area contributed by atoms with Gasteiger partial charge in [-0.05, 0) is 18.9 Å². The maximum atomic E-state index is 12.9. The van der Waals surface area contributed by atoms with Gasteiger partial charge in [-0.2, -0.15) is 0 Å². The fraction of sp³-hybridized carbons (Fsp3) is 0.421. The molecule has 142 valence electrons. The van der Waals surface area contributed by atoms with Crippen molar-refractivity contribution in [3.8, 4) is 0 Å². The van der Waals surface area contributed by atoms with Crippen LogP contribution in [0.4, 0.5) is 0 Å². The third kappa shape index (κ3) is 3.11. The van der Waals surface area contributed by atoms with E-state index < -0.39 is 0 Å². The number of furan rings is 1. The summed E-state index contributed by atoms with van der Waals surface area (Å²) in [5.41, 5.74) is 1.42. The standard InChI is InChI=1S/C19H21N5O2.ClH/c25-19(15-12-26-16-4-2-1-3-14(15)16)23-8-5-13(6-9-23)18-22-21-17-11-20-7-10-24(17)18;/h1-4,12-13,20H,5-11H2;1H. The summed E-state index contributed by atoms with van der Waals surface area (Å²) in [5.74, 6) is 2.54. The van der Waals surface area contributed by atoms with Gasteiger partial charge < -0.3 is 19.2 Å². The number of amides is 1. The lowest BCUT2D eigenvalue weighted by atomic mass is 9.95. The average Bonchev–Trinajstić information content (AvgIpc) is 3.32. The predicted molar refractivity (Wildman–Crippen MR) is 103 cm³/mol. The molecule has 4 heterocycles. The third-order valence-electron chi connectivity index (χ3n) is 5.51. The van der Waals surface area contributed by atoms with Crippen molar-refractivity contribution in [1.82, 2.24) is 25.0 Å². The summed E-state index contributed by atoms with van der Waals surface area (Å²) in [6.07, 6.45) is 3.43. The molecule has 0 spiro atoms. The number of nitrogens with zero attached hydrogens (tertiary/aromatic N) is 4. The van der Waals surface area contributed by atoms with Gasteiger partial charge in [-0.3, -0.25) is 4.79 Å². The lowest BCUT2D eigenvalue weighted by molar-refractivity contribution is 0.0711. The van der Waals surface area contributed by atoms with Crippen molar-refractivity contribution >= 4 is 29.3 Å². The zero-order valence-electron chi connectivity index (χ0n) is 14.9. The zero-order chi connectivity index (χ0) is 17.5. The maximum absolute atomic E-state index is 12.9. The van der Waals surface area contributed by atoms with Crippen molar-refractivity contribution in [2.75, 3.05) is 19.6 Å². The Kier molecular flexibility index (Phi) is 4.88. The van der Waals surface area contributed by atoms with Crippen LogP contribution >= 0.6 is 12.4 Å². The molecule has 8 heteroatoms. The number of nitrogens with one attached hydrogen (secondary N) is 1. The highest BCUT2D eigenvalue weighted by molar-refractivity contribution is 6.05. The van der Waals surface area contributed by atoms with Gasteiger partial charge in [0.25, 0.3) is 5.91 Å². The molecule has 0 bridgehead atoms. The molecule has 1 fully saturated rings. The molecule has 0 atom stereocenters. The van der Waals surface area contributed by atoms with Crippen molar-refractivity contribution in [1.29, 1.82) is 0 Å². The summed E-state index contributed by atoms with van der Waals surface area (Å²) in [4.78, 5) is 14.9. The van der Waals surface area contributed by atoms with Crippen LogP contribution in [0.3, 0.4) is 0 Å². The van der Waals surface area contributed by atoms with Crippen molar-refractivity contribution in [2.45, 2.75) is 31.8 Å². The fourth-order valence-electron chi connectivity index (χ4n) is 4.07. The highest BCUT2D eigenvalue weighted by Crippen LogP contribution is 2.30. The van der Waals surface area contributed by atoms with E-state index in [2.05, 4.69) is 20.1 Å². The maximum Gasteiger partial charge on any atom is 0.257 e. The summed E-state index contributed by atoms with van der Waals surface area (Å²) in [6.45, 7) is 4.16. The predicted octanol–water partition coefficient (Wildman–Crippen LogP) is 2.57. The summed E-state index contributed by atoms with van der Waals surface area (Å²) < 4.78 is 7.78. The lowest BCUT2D eigenvalue weighted by Crippen LogP contribution is -2.38. The number of benzene rings is 1. The highest BCUT2D eigenvalue weighted by Gasteiger charge is 2.30. The number of aromatic nitrogens is 3. The minimum Gasteiger partial charge on any atom is -0.463 e. The van der Waals surface area contributed by atoms with E-state index in [-0.39, 0.29) is 18.3 Å². The second kappa shape index (κ2) is 7.32. The molecule has 1 amide bonds. The first-order chi connectivity index (χ1) is 12.8. The van der Waals surface area contributed by atoms with Crippen LogP contribution in [0.5, 0.6) is 0 Å². The summed E-state index contributed by atoms with van der Waals surface area (Å²) in [6, 6.07) is 7.68. The summed E-state index contributed by atoms with van der Waals surface area (Å²) >= 11 is 0. The van der Waals surface area contributed by atoms with Crippen LogP contribution in [-0.4, -0.2) is 45.2 Å². The van der Waals surface area contributed by atoms with Crippen LogP contribution in [0.25, 0.3) is 11.0 Å². The molecule has 2 aliphatic rings. The molecule has 1 N–H and O–H groups in total. The molecule has 2 aromatic heterocycles. The molecule has 0 unspecified atom stereocenters. The van der Waals surface area contributed by atoms with E-state index >= 15 is 0 Å². The van der Waals surface area contributed by atoms with E-state index in [0.29, 0.717) is 11.5 Å². The van der Waals surface area contributed by atoms with Gasteiger partial charge in [0.2, 0.25) is 0 Å². The van der Waals surface area contributed by atoms with Crippen molar-refractivity contribution < 1.29 is 9.21 Å². The number of para-hydroxylation sites is 1. The highest BCUT2D eigenvalue weighted by atomic mass is 35.5. The second-order valence-electron chi connectivity index (χ2n) is 7.01. The van der Waals surface area contributed by atoms with Crippen LogP contribution < -0.4 is 5.32 Å². The molecule has 1 aromatic carbocycles. The number of carbonyl (C=O) groups is 1. The van der Waals surface area contributed by atoms with Crippen molar-refractivity contribution in [3.63, 3.8) is 0 Å². The van der Waals surface area contributed by atoms with E-state index in [1.54, 1.807) is 6.26 Å². The van der Waals surface area contributed by atoms with E-state index in [1.165, 1.54) is 0 Å². The molecule has 0 saturated carbocycles. The first-order valence-electron chi connectivity index (χ1n) is 9.19. The third-order valence-corrected chi connectivity index (χ3v) is 5.51. The Labute approximate surface area is 163 Å². The second-order valence-corrected chi connectivity index (χ2v) is 7.01. The van der Waals surface area contributed by atoms with Crippen LogP contribution in [-0.2, 0) is 13.1 Å². The first kappa shape index (κ1) is 18.0. The number of carbonyl (C=O) groups excluding carboxylic acids is 1. The van der Waals surface area contributed by atoms with Crippen LogP contribution in [0.2, 0.25) is 0 Å². The number of likely N-dealkylation sites (tertiary alicyclic amines) is 1. The van der Waals surface area contributed by atoms with Gasteiger partial charge >= 0.3 is 0 Å². The average molecular weight is 388 g/mol. The van der Waals surface area contributed by atoms with Crippen LogP contribution in [0.1, 0.15) is 40.8 Å². The van der Waals surface area contributed by atoms with Crippen molar-refractivity contribution in [2.24, 2.45) is 0 Å². The Bertz CT molecular complexity index is 958. The van der Waals surface area contributed by atoms with Gasteiger partial charge in [-0.25, -0.2) is 0 Å². The SMILES string of the molecule is Cl.O=C(c1coc2ccccc12)N1CCC(c2nnc3n2CCNC3)CC1. The minimum atomic E-state index is 0. The Balaban J connectivity index is 0.00000180. The van der Waals surface area contributed by atoms with E-state index in [4.69, 9.17) is 4.42 Å². The Morgan fingerprint density at radius 2 is 1.96 bits per heavy atom. The number of halogens is 1. The smallest absolute Gasteiger partial charge is 0.257 e. The van der Waals surface area contributed by atoms with Gasteiger partial charge in [0, 0.05) is 37.5 Å². The summed E-state index contributed by atoms with van der Waals surface area (Å²) in [5, 5.41) is 13.0. The monoisotopic (exact) mass is 387 g/mol. The summed E-state index contributed by atoms with van der Waals surface area (Å²) in [7, 11) is 0. The van der Waals surface area contributed by atoms with Crippen LogP contribution in [0, 0.1) is 0 Å². The zero-order valence-corrected chi connectivity index (χ0v) is 15.7. The number of hydrogen-bond acceptors (Lipinski definition) is 5. The fourth-order valence-corrected chi connectivity index (χ4v) is 4.07. The first-order valence-corrected chi connectivity index (χ1v) is 9.19. The van der Waals surface area contributed by atoms with Gasteiger partial charge in [0.1, 0.15) is 23.5 Å². The van der Waals surface area contributed by atoms with Gasteiger partial charge in [0.15, 0.2) is 0 Å². The van der Waals surface area contributed by atoms with Gasteiger partial charge in [-0.15, -0.1) is 22.6 Å². The molecule has 2 aliphatic heterocycles.